The van der Waals surface area contributed by atoms with Crippen LogP contribution in [0.25, 0.3) is 6.08 Å². The number of carboxylic acid groups (broad SMARTS) is 1. The Kier molecular flexibility index (Phi) is 10.9. The van der Waals surface area contributed by atoms with E-state index in [0.29, 0.717) is 31.5 Å². The van der Waals surface area contributed by atoms with E-state index in [1.165, 1.54) is 19.3 Å². The van der Waals surface area contributed by atoms with Gasteiger partial charge in [-0.25, -0.2) is 0 Å². The van der Waals surface area contributed by atoms with Crippen LogP contribution in [0.3, 0.4) is 0 Å². The number of aliphatic carboxylic acids is 1. The Morgan fingerprint density at radius 1 is 1.25 bits per heavy atom. The molecule has 1 aromatic carbocycles. The SMILES string of the molecule is COc1ccc(C=CC(=O)N2CCC(C(=O)[O-])CC2)cc1[O-].[Na+].[Na+]. The summed E-state index contributed by atoms with van der Waals surface area (Å²) in [6.45, 7) is 0.800. The van der Waals surface area contributed by atoms with Crippen molar-refractivity contribution in [3.05, 3.63) is 29.8 Å². The van der Waals surface area contributed by atoms with E-state index in [1.54, 1.807) is 23.1 Å². The number of likely N-dealkylation sites (tertiary alicyclic amines) is 1. The number of methoxy groups -OCH3 is 1. The van der Waals surface area contributed by atoms with Crippen LogP contribution >= 0.6 is 0 Å². The number of rotatable bonds is 4. The summed E-state index contributed by atoms with van der Waals surface area (Å²) in [6.07, 6.45) is 3.78. The maximum atomic E-state index is 12.0. The maximum absolute atomic E-state index is 12.0. The second-order valence-electron chi connectivity index (χ2n) is 5.16. The van der Waals surface area contributed by atoms with Crippen LogP contribution in [-0.4, -0.2) is 37.0 Å². The molecule has 0 bridgehead atoms. The predicted molar refractivity (Wildman–Crippen MR) is 75.8 cm³/mol. The number of ether oxygens (including phenoxy) is 1. The maximum Gasteiger partial charge on any atom is 1.00 e. The second-order valence-corrected chi connectivity index (χ2v) is 5.16. The second kappa shape index (κ2) is 11.2. The number of hydrogen-bond donors (Lipinski definition) is 0. The van der Waals surface area contributed by atoms with Gasteiger partial charge in [0.1, 0.15) is 5.75 Å². The third-order valence-electron chi connectivity index (χ3n) is 3.75. The Morgan fingerprint density at radius 2 is 1.88 bits per heavy atom. The Balaban J connectivity index is 0.00000264. The largest absolute Gasteiger partial charge is 1.00 e. The first-order valence-corrected chi connectivity index (χ1v) is 7.04. The average Bonchev–Trinajstić information content (AvgIpc) is 2.52. The summed E-state index contributed by atoms with van der Waals surface area (Å²) < 4.78 is 4.89. The molecule has 1 aliphatic rings. The monoisotopic (exact) mass is 349 g/mol. The van der Waals surface area contributed by atoms with Gasteiger partial charge in [-0.05, 0) is 30.5 Å². The van der Waals surface area contributed by atoms with Crippen molar-refractivity contribution >= 4 is 18.0 Å². The first kappa shape index (κ1) is 23.5. The van der Waals surface area contributed by atoms with E-state index in [-0.39, 0.29) is 76.5 Å². The van der Waals surface area contributed by atoms with Crippen molar-refractivity contribution in [3.8, 4) is 11.5 Å². The van der Waals surface area contributed by atoms with Crippen molar-refractivity contribution in [1.29, 1.82) is 0 Å². The van der Waals surface area contributed by atoms with Crippen molar-refractivity contribution in [3.63, 3.8) is 0 Å². The fourth-order valence-corrected chi connectivity index (χ4v) is 2.41. The molecule has 0 aliphatic carbocycles. The molecule has 1 aliphatic heterocycles. The molecule has 118 valence electrons. The number of hydrogen-bond acceptors (Lipinski definition) is 5. The van der Waals surface area contributed by atoms with E-state index >= 15 is 0 Å². The molecule has 1 aromatic rings. The van der Waals surface area contributed by atoms with Crippen LogP contribution in [0.5, 0.6) is 11.5 Å². The summed E-state index contributed by atoms with van der Waals surface area (Å²) in [7, 11) is 1.42. The van der Waals surface area contributed by atoms with Crippen LogP contribution in [0.4, 0.5) is 0 Å². The van der Waals surface area contributed by atoms with Crippen molar-refractivity contribution in [2.75, 3.05) is 20.2 Å². The fraction of sp³-hybridized carbons (Fsp3) is 0.375. The van der Waals surface area contributed by atoms with Gasteiger partial charge in [-0.3, -0.25) is 4.79 Å². The summed E-state index contributed by atoms with van der Waals surface area (Å²) >= 11 is 0. The average molecular weight is 349 g/mol. The van der Waals surface area contributed by atoms with Crippen molar-refractivity contribution < 1.29 is 83.7 Å². The molecule has 1 amide bonds. The van der Waals surface area contributed by atoms with Gasteiger partial charge in [0.05, 0.1) is 7.11 Å². The third kappa shape index (κ3) is 6.43. The molecule has 2 rings (SSSR count). The smallest absolute Gasteiger partial charge is 0.870 e. The van der Waals surface area contributed by atoms with E-state index in [1.807, 2.05) is 0 Å². The van der Waals surface area contributed by atoms with E-state index in [9.17, 15) is 19.8 Å². The molecule has 0 aromatic heterocycles. The number of carbonyl (C=O) groups is 2. The van der Waals surface area contributed by atoms with Crippen LogP contribution in [0.1, 0.15) is 18.4 Å². The van der Waals surface area contributed by atoms with Gasteiger partial charge in [0.15, 0.2) is 0 Å². The van der Waals surface area contributed by atoms with Crippen molar-refractivity contribution in [1.82, 2.24) is 4.90 Å². The molecule has 24 heavy (non-hydrogen) atoms. The molecule has 0 spiro atoms. The number of carbonyl (C=O) groups excluding carboxylic acids is 2. The molecule has 6 nitrogen and oxygen atoms in total. The Bertz CT molecular complexity index is 598. The van der Waals surface area contributed by atoms with E-state index in [4.69, 9.17) is 4.74 Å². The molecule has 8 heteroatoms. The van der Waals surface area contributed by atoms with Crippen LogP contribution in [0.2, 0.25) is 0 Å². The number of piperidine rings is 1. The molecule has 0 unspecified atom stereocenters. The van der Waals surface area contributed by atoms with E-state index in [0.717, 1.165) is 0 Å². The Morgan fingerprint density at radius 3 is 2.38 bits per heavy atom. The van der Waals surface area contributed by atoms with Crippen LogP contribution in [0, 0.1) is 5.92 Å². The summed E-state index contributed by atoms with van der Waals surface area (Å²) in [6, 6.07) is 4.63. The van der Waals surface area contributed by atoms with Gasteiger partial charge >= 0.3 is 59.1 Å². The van der Waals surface area contributed by atoms with E-state index in [2.05, 4.69) is 0 Å². The number of carboxylic acids is 1. The molecule has 0 saturated carbocycles. The number of benzene rings is 1. The standard InChI is InChI=1S/C16H19NO5.2Na/c1-22-14-4-2-11(10-13(14)18)3-5-15(19)17-8-6-12(7-9-17)16(20)21;;/h2-5,10,12,18H,6-9H2,1H3,(H,20,21);;/q;2*+1/p-2. The van der Waals surface area contributed by atoms with Crippen molar-refractivity contribution in [2.45, 2.75) is 12.8 Å². The topological polar surface area (TPSA) is 92.7 Å². The first-order valence-electron chi connectivity index (χ1n) is 7.04. The summed E-state index contributed by atoms with van der Waals surface area (Å²) in [5, 5.41) is 22.4. The van der Waals surface area contributed by atoms with Crippen LogP contribution in [-0.2, 0) is 9.59 Å². The number of amides is 1. The van der Waals surface area contributed by atoms with Gasteiger partial charge in [0.2, 0.25) is 5.91 Å². The normalized spacial score (nSPS) is 14.6. The predicted octanol–water partition coefficient (Wildman–Crippen LogP) is -6.22. The third-order valence-corrected chi connectivity index (χ3v) is 3.75. The minimum Gasteiger partial charge on any atom is -0.870 e. The van der Waals surface area contributed by atoms with Gasteiger partial charge in [-0.15, -0.1) is 0 Å². The van der Waals surface area contributed by atoms with Gasteiger partial charge in [-0.1, -0.05) is 17.9 Å². The number of nitrogens with zero attached hydrogens (tertiary/aromatic N) is 1. The first-order chi connectivity index (χ1) is 10.5. The van der Waals surface area contributed by atoms with E-state index < -0.39 is 11.9 Å². The molecule has 1 heterocycles. The molecule has 0 radical (unpaired) electrons. The zero-order chi connectivity index (χ0) is 16.1. The minimum atomic E-state index is -1.05. The summed E-state index contributed by atoms with van der Waals surface area (Å²) in [5.41, 5.74) is 0.615. The molecular formula is C16H17NNa2O5. The zero-order valence-electron chi connectivity index (χ0n) is 14.3. The summed E-state index contributed by atoms with van der Waals surface area (Å²) in [5.74, 6) is -1.71. The van der Waals surface area contributed by atoms with Gasteiger partial charge in [0, 0.05) is 31.1 Å². The minimum absolute atomic E-state index is 0. The molecule has 0 N–H and O–H groups in total. The van der Waals surface area contributed by atoms with Crippen molar-refractivity contribution in [2.24, 2.45) is 5.92 Å². The quantitative estimate of drug-likeness (QED) is 0.398. The molecule has 1 saturated heterocycles. The molecule has 1 fully saturated rings. The molecule has 0 atom stereocenters. The van der Waals surface area contributed by atoms with Gasteiger partial charge in [0.25, 0.3) is 0 Å². The van der Waals surface area contributed by atoms with Gasteiger partial charge < -0.3 is 24.6 Å². The fourth-order valence-electron chi connectivity index (χ4n) is 2.41. The van der Waals surface area contributed by atoms with Crippen LogP contribution in [0.15, 0.2) is 24.3 Å². The zero-order valence-corrected chi connectivity index (χ0v) is 18.3. The Labute approximate surface area is 185 Å². The summed E-state index contributed by atoms with van der Waals surface area (Å²) in [4.78, 5) is 24.4. The van der Waals surface area contributed by atoms with Gasteiger partial charge in [-0.2, -0.15) is 0 Å². The molecular weight excluding hydrogens is 332 g/mol. The van der Waals surface area contributed by atoms with Crippen LogP contribution < -0.4 is 74.1 Å². The Hall–Kier alpha value is -0.500.